The van der Waals surface area contributed by atoms with Crippen molar-refractivity contribution in [3.8, 4) is 0 Å². The SMILES string of the molecule is Cc1ccc(CSCC(=O)NCC2(O)CCOC2C)cc1. The van der Waals surface area contributed by atoms with E-state index in [1.165, 1.54) is 11.1 Å². The first-order chi connectivity index (χ1) is 9.99. The Morgan fingerprint density at radius 2 is 2.19 bits per heavy atom. The van der Waals surface area contributed by atoms with E-state index in [4.69, 9.17) is 4.74 Å². The molecule has 2 rings (SSSR count). The predicted octanol–water partition coefficient (Wildman–Crippen LogP) is 1.88. The lowest BCUT2D eigenvalue weighted by atomic mass is 9.97. The van der Waals surface area contributed by atoms with Crippen molar-refractivity contribution in [1.29, 1.82) is 0 Å². The number of hydrogen-bond acceptors (Lipinski definition) is 4. The highest BCUT2D eigenvalue weighted by atomic mass is 32.2. The summed E-state index contributed by atoms with van der Waals surface area (Å²) >= 11 is 1.58. The van der Waals surface area contributed by atoms with Gasteiger partial charge >= 0.3 is 0 Å². The Hall–Kier alpha value is -1.04. The molecule has 4 nitrogen and oxygen atoms in total. The first kappa shape index (κ1) is 16.3. The van der Waals surface area contributed by atoms with Crippen LogP contribution in [0.5, 0.6) is 0 Å². The lowest BCUT2D eigenvalue weighted by Crippen LogP contribution is -2.47. The Kier molecular flexibility index (Phi) is 5.67. The van der Waals surface area contributed by atoms with Crippen LogP contribution in [-0.2, 0) is 15.3 Å². The molecule has 0 spiro atoms. The fourth-order valence-electron chi connectivity index (χ4n) is 2.25. The minimum Gasteiger partial charge on any atom is -0.385 e. The predicted molar refractivity (Wildman–Crippen MR) is 85.3 cm³/mol. The molecule has 1 saturated heterocycles. The maximum atomic E-state index is 11.8. The zero-order valence-electron chi connectivity index (χ0n) is 12.6. The Labute approximate surface area is 130 Å². The highest BCUT2D eigenvalue weighted by Gasteiger charge is 2.39. The second-order valence-electron chi connectivity index (χ2n) is 5.62. The molecule has 0 aromatic heterocycles. The quantitative estimate of drug-likeness (QED) is 0.842. The zero-order chi connectivity index (χ0) is 15.3. The number of carbonyl (C=O) groups excluding carboxylic acids is 1. The van der Waals surface area contributed by atoms with Gasteiger partial charge < -0.3 is 15.2 Å². The number of aliphatic hydroxyl groups is 1. The van der Waals surface area contributed by atoms with Crippen LogP contribution in [0.4, 0.5) is 0 Å². The normalized spacial score (nSPS) is 25.0. The molecule has 0 saturated carbocycles. The van der Waals surface area contributed by atoms with Gasteiger partial charge in [0, 0.05) is 25.3 Å². The van der Waals surface area contributed by atoms with E-state index >= 15 is 0 Å². The van der Waals surface area contributed by atoms with E-state index in [-0.39, 0.29) is 18.6 Å². The monoisotopic (exact) mass is 309 g/mol. The summed E-state index contributed by atoms with van der Waals surface area (Å²) in [5.41, 5.74) is 1.54. The van der Waals surface area contributed by atoms with Crippen molar-refractivity contribution in [2.24, 2.45) is 0 Å². The zero-order valence-corrected chi connectivity index (χ0v) is 13.4. The molecule has 0 bridgehead atoms. The number of amides is 1. The fraction of sp³-hybridized carbons (Fsp3) is 0.562. The molecule has 2 N–H and O–H groups in total. The molecule has 1 aliphatic rings. The second kappa shape index (κ2) is 7.29. The van der Waals surface area contributed by atoms with Gasteiger partial charge in [0.25, 0.3) is 0 Å². The molecule has 1 aliphatic heterocycles. The molecular weight excluding hydrogens is 286 g/mol. The van der Waals surface area contributed by atoms with Crippen molar-refractivity contribution < 1.29 is 14.6 Å². The molecule has 2 unspecified atom stereocenters. The van der Waals surface area contributed by atoms with Gasteiger partial charge in [-0.3, -0.25) is 4.79 Å². The molecule has 1 heterocycles. The van der Waals surface area contributed by atoms with Crippen LogP contribution in [0.2, 0.25) is 0 Å². The first-order valence-corrected chi connectivity index (χ1v) is 8.39. The van der Waals surface area contributed by atoms with Crippen LogP contribution in [0.15, 0.2) is 24.3 Å². The van der Waals surface area contributed by atoms with Crippen molar-refractivity contribution in [1.82, 2.24) is 5.32 Å². The van der Waals surface area contributed by atoms with E-state index in [2.05, 4.69) is 36.5 Å². The van der Waals surface area contributed by atoms with Gasteiger partial charge in [0.1, 0.15) is 5.60 Å². The minimum absolute atomic E-state index is 0.0420. The Bertz CT molecular complexity index is 477. The summed E-state index contributed by atoms with van der Waals surface area (Å²) in [4.78, 5) is 11.8. The molecule has 1 amide bonds. The van der Waals surface area contributed by atoms with Crippen LogP contribution >= 0.6 is 11.8 Å². The maximum absolute atomic E-state index is 11.8. The van der Waals surface area contributed by atoms with E-state index < -0.39 is 5.60 Å². The van der Waals surface area contributed by atoms with Gasteiger partial charge in [-0.1, -0.05) is 29.8 Å². The Morgan fingerprint density at radius 1 is 1.48 bits per heavy atom. The van der Waals surface area contributed by atoms with Crippen LogP contribution < -0.4 is 5.32 Å². The Balaban J connectivity index is 1.67. The average molecular weight is 309 g/mol. The molecule has 1 aromatic carbocycles. The van der Waals surface area contributed by atoms with Gasteiger partial charge in [-0.15, -0.1) is 11.8 Å². The number of aryl methyl sites for hydroxylation is 1. The summed E-state index contributed by atoms with van der Waals surface area (Å²) < 4.78 is 5.34. The molecule has 116 valence electrons. The number of hydrogen-bond donors (Lipinski definition) is 2. The summed E-state index contributed by atoms with van der Waals surface area (Å²) in [6.07, 6.45) is 0.350. The molecular formula is C16H23NO3S. The molecule has 2 atom stereocenters. The third kappa shape index (κ3) is 4.73. The number of carbonyl (C=O) groups is 1. The number of thioether (sulfide) groups is 1. The van der Waals surface area contributed by atoms with Gasteiger partial charge in [0.15, 0.2) is 0 Å². The lowest BCUT2D eigenvalue weighted by Gasteiger charge is -2.26. The molecule has 5 heteroatoms. The third-order valence-electron chi connectivity index (χ3n) is 3.87. The highest BCUT2D eigenvalue weighted by Crippen LogP contribution is 2.24. The summed E-state index contributed by atoms with van der Waals surface area (Å²) in [6, 6.07) is 8.32. The van der Waals surface area contributed by atoms with Gasteiger partial charge in [0.2, 0.25) is 5.91 Å². The standard InChI is InChI=1S/C16H23NO3S/c1-12-3-5-14(6-4-12)9-21-10-15(18)17-11-16(19)7-8-20-13(16)2/h3-6,13,19H,7-11H2,1-2H3,(H,17,18). The first-order valence-electron chi connectivity index (χ1n) is 7.23. The van der Waals surface area contributed by atoms with E-state index in [9.17, 15) is 9.90 Å². The number of benzene rings is 1. The van der Waals surface area contributed by atoms with E-state index in [1.807, 2.05) is 6.92 Å². The van der Waals surface area contributed by atoms with Crippen LogP contribution in [0, 0.1) is 6.92 Å². The van der Waals surface area contributed by atoms with Crippen molar-refractivity contribution in [2.75, 3.05) is 18.9 Å². The van der Waals surface area contributed by atoms with Gasteiger partial charge in [-0.25, -0.2) is 0 Å². The average Bonchev–Trinajstić information content (AvgIpc) is 2.79. The number of ether oxygens (including phenoxy) is 1. The Morgan fingerprint density at radius 3 is 2.81 bits per heavy atom. The van der Waals surface area contributed by atoms with Crippen LogP contribution in [0.1, 0.15) is 24.5 Å². The largest absolute Gasteiger partial charge is 0.385 e. The molecule has 1 aromatic rings. The van der Waals surface area contributed by atoms with Gasteiger partial charge in [-0.05, 0) is 19.4 Å². The summed E-state index contributed by atoms with van der Waals surface area (Å²) in [5, 5.41) is 13.1. The van der Waals surface area contributed by atoms with Crippen molar-refractivity contribution in [3.05, 3.63) is 35.4 Å². The van der Waals surface area contributed by atoms with Crippen LogP contribution in [0.3, 0.4) is 0 Å². The van der Waals surface area contributed by atoms with Gasteiger partial charge in [0.05, 0.1) is 11.9 Å². The maximum Gasteiger partial charge on any atom is 0.230 e. The topological polar surface area (TPSA) is 58.6 Å². The van der Waals surface area contributed by atoms with E-state index in [0.717, 1.165) is 5.75 Å². The van der Waals surface area contributed by atoms with Crippen molar-refractivity contribution in [2.45, 2.75) is 37.7 Å². The van der Waals surface area contributed by atoms with Gasteiger partial charge in [-0.2, -0.15) is 0 Å². The summed E-state index contributed by atoms with van der Waals surface area (Å²) in [7, 11) is 0. The molecule has 21 heavy (non-hydrogen) atoms. The van der Waals surface area contributed by atoms with Crippen LogP contribution in [-0.4, -0.2) is 41.6 Å². The molecule has 0 radical (unpaired) electrons. The highest BCUT2D eigenvalue weighted by molar-refractivity contribution is 7.99. The second-order valence-corrected chi connectivity index (χ2v) is 6.61. The van der Waals surface area contributed by atoms with E-state index in [1.54, 1.807) is 11.8 Å². The lowest BCUT2D eigenvalue weighted by molar-refractivity contribution is -0.120. The van der Waals surface area contributed by atoms with Crippen LogP contribution in [0.25, 0.3) is 0 Å². The number of nitrogens with one attached hydrogen (secondary N) is 1. The smallest absolute Gasteiger partial charge is 0.230 e. The minimum atomic E-state index is -0.919. The fourth-order valence-corrected chi connectivity index (χ4v) is 3.07. The van der Waals surface area contributed by atoms with E-state index in [0.29, 0.717) is 18.8 Å². The third-order valence-corrected chi connectivity index (χ3v) is 4.88. The summed E-state index contributed by atoms with van der Waals surface area (Å²) in [6.45, 7) is 4.71. The van der Waals surface area contributed by atoms with Crippen molar-refractivity contribution in [3.63, 3.8) is 0 Å². The summed E-state index contributed by atoms with van der Waals surface area (Å²) in [5.74, 6) is 1.18. The molecule has 0 aliphatic carbocycles. The number of rotatable bonds is 6. The van der Waals surface area contributed by atoms with Crippen molar-refractivity contribution >= 4 is 17.7 Å². The molecule has 1 fully saturated rings.